The van der Waals surface area contributed by atoms with Crippen molar-refractivity contribution in [2.45, 2.75) is 33.6 Å². The molecular weight excluding hydrogens is 376 g/mol. The molecule has 0 atom stereocenters. The van der Waals surface area contributed by atoms with Crippen LogP contribution in [0.1, 0.15) is 44.0 Å². The van der Waals surface area contributed by atoms with Gasteiger partial charge in [0.1, 0.15) is 11.5 Å². The van der Waals surface area contributed by atoms with Crippen LogP contribution in [0.25, 0.3) is 0 Å². The molecule has 0 saturated carbocycles. The molecule has 128 valence electrons. The number of hydrogen-bond donors (Lipinski definition) is 3. The standard InChI is InChI=1S/C17H19BrN2O4/c1-9(15-13(22)7-17(2,3)8-14(15)23)19-20-16(24)11-6-10(18)4-5-12(11)21/h4-6,21-22H,7-8H2,1-3H3,(H,20,24)/b19-9-. The number of aliphatic hydroxyl groups excluding tert-OH is 1. The number of allylic oxidation sites excluding steroid dienone is 2. The summed E-state index contributed by atoms with van der Waals surface area (Å²) in [7, 11) is 0. The summed E-state index contributed by atoms with van der Waals surface area (Å²) in [6.07, 6.45) is 0.681. The molecule has 1 aromatic rings. The van der Waals surface area contributed by atoms with Gasteiger partial charge in [0.25, 0.3) is 5.91 Å². The molecular formula is C17H19BrN2O4. The topological polar surface area (TPSA) is 99.0 Å². The number of Topliss-reactive ketones (excluding diaryl/α,β-unsaturated/α-hetero) is 1. The van der Waals surface area contributed by atoms with Gasteiger partial charge in [-0.25, -0.2) is 5.43 Å². The van der Waals surface area contributed by atoms with Gasteiger partial charge in [0.2, 0.25) is 0 Å². The number of aromatic hydroxyl groups is 1. The highest BCUT2D eigenvalue weighted by atomic mass is 79.9. The Morgan fingerprint density at radius 2 is 1.96 bits per heavy atom. The van der Waals surface area contributed by atoms with Gasteiger partial charge in [0.05, 0.1) is 16.8 Å². The Bertz CT molecular complexity index is 766. The summed E-state index contributed by atoms with van der Waals surface area (Å²) >= 11 is 3.22. The summed E-state index contributed by atoms with van der Waals surface area (Å²) in [6, 6.07) is 4.45. The van der Waals surface area contributed by atoms with E-state index in [-0.39, 0.29) is 39.6 Å². The molecule has 0 heterocycles. The van der Waals surface area contributed by atoms with Crippen LogP contribution in [0, 0.1) is 5.41 Å². The van der Waals surface area contributed by atoms with E-state index in [1.54, 1.807) is 13.0 Å². The van der Waals surface area contributed by atoms with E-state index in [4.69, 9.17) is 0 Å². The predicted molar refractivity (Wildman–Crippen MR) is 94.1 cm³/mol. The number of hydrazone groups is 1. The van der Waals surface area contributed by atoms with E-state index >= 15 is 0 Å². The molecule has 7 heteroatoms. The third-order valence-electron chi connectivity index (χ3n) is 3.74. The Hall–Kier alpha value is -2.15. The van der Waals surface area contributed by atoms with Gasteiger partial charge in [-0.1, -0.05) is 29.8 Å². The smallest absolute Gasteiger partial charge is 0.275 e. The van der Waals surface area contributed by atoms with Gasteiger partial charge in [-0.05, 0) is 30.5 Å². The van der Waals surface area contributed by atoms with Gasteiger partial charge in [-0.15, -0.1) is 0 Å². The lowest BCUT2D eigenvalue weighted by Gasteiger charge is -2.29. The summed E-state index contributed by atoms with van der Waals surface area (Å²) in [5.74, 6) is -1.01. The minimum absolute atomic E-state index is 0.0166. The van der Waals surface area contributed by atoms with Crippen molar-refractivity contribution in [1.82, 2.24) is 5.43 Å². The Morgan fingerprint density at radius 1 is 1.29 bits per heavy atom. The highest BCUT2D eigenvalue weighted by Gasteiger charge is 2.34. The number of halogens is 1. The first kappa shape index (κ1) is 18.2. The summed E-state index contributed by atoms with van der Waals surface area (Å²) in [6.45, 7) is 5.35. The molecule has 0 saturated heterocycles. The van der Waals surface area contributed by atoms with Gasteiger partial charge < -0.3 is 10.2 Å². The number of phenols is 1. The van der Waals surface area contributed by atoms with Gasteiger partial charge in [0, 0.05) is 17.3 Å². The van der Waals surface area contributed by atoms with Crippen LogP contribution in [0.2, 0.25) is 0 Å². The Labute approximate surface area is 148 Å². The van der Waals surface area contributed by atoms with Crippen molar-refractivity contribution in [3.05, 3.63) is 39.6 Å². The maximum absolute atomic E-state index is 12.2. The number of benzene rings is 1. The molecule has 1 aromatic carbocycles. The van der Waals surface area contributed by atoms with Crippen molar-refractivity contribution in [3.63, 3.8) is 0 Å². The summed E-state index contributed by atoms with van der Waals surface area (Å²) in [4.78, 5) is 24.3. The van der Waals surface area contributed by atoms with Crippen molar-refractivity contribution in [2.75, 3.05) is 0 Å². The molecule has 0 aliphatic heterocycles. The first-order chi connectivity index (χ1) is 11.1. The second-order valence-electron chi connectivity index (χ2n) is 6.56. The minimum atomic E-state index is -0.614. The van der Waals surface area contributed by atoms with Crippen molar-refractivity contribution in [2.24, 2.45) is 10.5 Å². The second kappa shape index (κ2) is 6.76. The third kappa shape index (κ3) is 4.03. The maximum Gasteiger partial charge on any atom is 0.275 e. The van der Waals surface area contributed by atoms with Crippen molar-refractivity contribution in [1.29, 1.82) is 0 Å². The zero-order chi connectivity index (χ0) is 18.1. The molecule has 1 aliphatic rings. The van der Waals surface area contributed by atoms with Crippen LogP contribution in [0.4, 0.5) is 0 Å². The predicted octanol–water partition coefficient (Wildman–Crippen LogP) is 3.46. The fraction of sp³-hybridized carbons (Fsp3) is 0.353. The fourth-order valence-electron chi connectivity index (χ4n) is 2.64. The molecule has 0 radical (unpaired) electrons. The Morgan fingerprint density at radius 3 is 2.58 bits per heavy atom. The second-order valence-corrected chi connectivity index (χ2v) is 7.48. The Kier molecular flexibility index (Phi) is 5.13. The van der Waals surface area contributed by atoms with Gasteiger partial charge in [-0.3, -0.25) is 9.59 Å². The van der Waals surface area contributed by atoms with Crippen LogP contribution in [-0.4, -0.2) is 27.6 Å². The monoisotopic (exact) mass is 394 g/mol. The summed E-state index contributed by atoms with van der Waals surface area (Å²) < 4.78 is 0.635. The van der Waals surface area contributed by atoms with Gasteiger partial charge >= 0.3 is 0 Å². The lowest BCUT2D eigenvalue weighted by Crippen LogP contribution is -2.29. The summed E-state index contributed by atoms with van der Waals surface area (Å²) in [5.41, 5.74) is 2.43. The minimum Gasteiger partial charge on any atom is -0.511 e. The molecule has 0 bridgehead atoms. The van der Waals surface area contributed by atoms with Crippen molar-refractivity contribution in [3.8, 4) is 5.75 Å². The third-order valence-corrected chi connectivity index (χ3v) is 4.24. The number of hydrogen-bond acceptors (Lipinski definition) is 5. The van der Waals surface area contributed by atoms with Gasteiger partial charge in [0.15, 0.2) is 5.78 Å². The molecule has 6 nitrogen and oxygen atoms in total. The van der Waals surface area contributed by atoms with E-state index in [9.17, 15) is 19.8 Å². The van der Waals surface area contributed by atoms with Crippen LogP contribution in [0.5, 0.6) is 5.75 Å². The number of amides is 1. The normalized spacial score (nSPS) is 17.8. The number of carbonyl (C=O) groups is 2. The lowest BCUT2D eigenvalue weighted by atomic mass is 9.76. The number of nitrogens with one attached hydrogen (secondary N) is 1. The number of ketones is 1. The van der Waals surface area contributed by atoms with Crippen molar-refractivity contribution < 1.29 is 19.8 Å². The highest BCUT2D eigenvalue weighted by molar-refractivity contribution is 9.10. The fourth-order valence-corrected chi connectivity index (χ4v) is 3.00. The summed E-state index contributed by atoms with van der Waals surface area (Å²) in [5, 5.41) is 23.8. The first-order valence-corrected chi connectivity index (χ1v) is 8.19. The van der Waals surface area contributed by atoms with Crippen LogP contribution < -0.4 is 5.43 Å². The molecule has 1 aliphatic carbocycles. The van der Waals surface area contributed by atoms with Gasteiger partial charge in [-0.2, -0.15) is 5.10 Å². The van der Waals surface area contributed by atoms with Crippen LogP contribution in [0.3, 0.4) is 0 Å². The first-order valence-electron chi connectivity index (χ1n) is 7.39. The number of nitrogens with zero attached hydrogens (tertiary/aromatic N) is 1. The number of carbonyl (C=O) groups excluding carboxylic acids is 2. The van der Waals surface area contributed by atoms with Crippen LogP contribution >= 0.6 is 15.9 Å². The average molecular weight is 395 g/mol. The zero-order valence-electron chi connectivity index (χ0n) is 13.7. The number of phenolic OH excluding ortho intramolecular Hbond substituents is 1. The Balaban J connectivity index is 2.21. The largest absolute Gasteiger partial charge is 0.511 e. The zero-order valence-corrected chi connectivity index (χ0v) is 15.3. The van der Waals surface area contributed by atoms with Crippen molar-refractivity contribution >= 4 is 33.3 Å². The average Bonchev–Trinajstić information content (AvgIpc) is 2.45. The molecule has 1 amide bonds. The molecule has 2 rings (SSSR count). The van der Waals surface area contributed by atoms with E-state index in [0.717, 1.165) is 0 Å². The lowest BCUT2D eigenvalue weighted by molar-refractivity contribution is -0.117. The van der Waals surface area contributed by atoms with Crippen LogP contribution in [-0.2, 0) is 4.79 Å². The van der Waals surface area contributed by atoms with E-state index in [1.165, 1.54) is 12.1 Å². The molecule has 0 spiro atoms. The molecule has 3 N–H and O–H groups in total. The number of aliphatic hydroxyl groups is 1. The molecule has 24 heavy (non-hydrogen) atoms. The molecule has 0 unspecified atom stereocenters. The van der Waals surface area contributed by atoms with E-state index in [1.807, 2.05) is 13.8 Å². The van der Waals surface area contributed by atoms with Crippen LogP contribution in [0.15, 0.2) is 39.1 Å². The quantitative estimate of drug-likeness (QED) is 0.539. The maximum atomic E-state index is 12.2. The number of rotatable bonds is 3. The van der Waals surface area contributed by atoms with E-state index in [2.05, 4.69) is 26.5 Å². The van der Waals surface area contributed by atoms with E-state index < -0.39 is 5.91 Å². The molecule has 0 fully saturated rings. The molecule has 0 aromatic heterocycles. The van der Waals surface area contributed by atoms with E-state index in [0.29, 0.717) is 17.3 Å². The SMILES string of the molecule is C/C(=N/NC(=O)c1cc(Br)ccc1O)C1=C(O)CC(C)(C)CC1=O. The highest BCUT2D eigenvalue weighted by Crippen LogP contribution is 2.36.